The summed E-state index contributed by atoms with van der Waals surface area (Å²) in [6.45, 7) is 4.26. The lowest BCUT2D eigenvalue weighted by atomic mass is 10.0. The van der Waals surface area contributed by atoms with E-state index in [0.717, 1.165) is 29.5 Å². The van der Waals surface area contributed by atoms with Gasteiger partial charge in [-0.2, -0.15) is 13.2 Å². The van der Waals surface area contributed by atoms with E-state index in [4.69, 9.17) is 21.1 Å². The quantitative estimate of drug-likeness (QED) is 0.387. The molecule has 0 spiro atoms. The van der Waals surface area contributed by atoms with Gasteiger partial charge in [-0.05, 0) is 53.9 Å². The molecule has 0 aliphatic carbocycles. The molecule has 0 saturated carbocycles. The largest absolute Gasteiger partial charge is 0.496 e. The van der Waals surface area contributed by atoms with Gasteiger partial charge >= 0.3 is 6.18 Å². The molecule has 0 unspecified atom stereocenters. The number of carbonyl (C=O) groups excluding carboxylic acids is 1. The molecule has 0 aliphatic heterocycles. The third-order valence-electron chi connectivity index (χ3n) is 5.01. The van der Waals surface area contributed by atoms with Crippen LogP contribution in [0.4, 0.5) is 18.9 Å². The van der Waals surface area contributed by atoms with E-state index in [2.05, 4.69) is 19.2 Å². The Bertz CT molecular complexity index is 1150. The minimum absolute atomic E-state index is 0.00119. The van der Waals surface area contributed by atoms with E-state index in [0.29, 0.717) is 11.3 Å². The molecular formula is C25H23ClF3NO3. The van der Waals surface area contributed by atoms with E-state index >= 15 is 0 Å². The van der Waals surface area contributed by atoms with Gasteiger partial charge in [0.1, 0.15) is 18.1 Å². The monoisotopic (exact) mass is 477 g/mol. The van der Waals surface area contributed by atoms with Gasteiger partial charge in [-0.3, -0.25) is 4.79 Å². The zero-order valence-electron chi connectivity index (χ0n) is 18.3. The zero-order chi connectivity index (χ0) is 24.2. The molecule has 1 amide bonds. The molecule has 33 heavy (non-hydrogen) atoms. The highest BCUT2D eigenvalue weighted by Crippen LogP contribution is 2.34. The smallest absolute Gasteiger partial charge is 0.416 e. The number of alkyl halides is 3. The maximum Gasteiger partial charge on any atom is 0.416 e. The first-order valence-electron chi connectivity index (χ1n) is 10.2. The maximum atomic E-state index is 13.0. The standard InChI is InChI=1S/C25H23ClF3NO3/c1-15(2)19-6-4-5-7-23(19)33-14-17-12-16(8-11-22(17)32-3)24(31)30-21-13-18(25(27,28)29)9-10-20(21)26/h4-13,15H,14H2,1-3H3,(H,30,31). The maximum absolute atomic E-state index is 13.0. The summed E-state index contributed by atoms with van der Waals surface area (Å²) in [6.07, 6.45) is -4.55. The normalized spacial score (nSPS) is 11.4. The van der Waals surface area contributed by atoms with Gasteiger partial charge in [-0.25, -0.2) is 0 Å². The summed E-state index contributed by atoms with van der Waals surface area (Å²) in [6, 6.07) is 15.1. The zero-order valence-corrected chi connectivity index (χ0v) is 19.1. The first-order valence-corrected chi connectivity index (χ1v) is 10.5. The molecule has 0 atom stereocenters. The van der Waals surface area contributed by atoms with Crippen LogP contribution in [0.5, 0.6) is 11.5 Å². The highest BCUT2D eigenvalue weighted by Gasteiger charge is 2.31. The van der Waals surface area contributed by atoms with E-state index in [1.54, 1.807) is 12.1 Å². The van der Waals surface area contributed by atoms with E-state index < -0.39 is 17.6 Å². The molecule has 0 heterocycles. The fraction of sp³-hybridized carbons (Fsp3) is 0.240. The van der Waals surface area contributed by atoms with Crippen molar-refractivity contribution < 1.29 is 27.4 Å². The van der Waals surface area contributed by atoms with Crippen molar-refractivity contribution in [3.63, 3.8) is 0 Å². The van der Waals surface area contributed by atoms with Crippen LogP contribution in [0.3, 0.4) is 0 Å². The van der Waals surface area contributed by atoms with E-state index in [1.807, 2.05) is 24.3 Å². The van der Waals surface area contributed by atoms with Crippen molar-refractivity contribution in [1.29, 1.82) is 0 Å². The fourth-order valence-corrected chi connectivity index (χ4v) is 3.43. The molecule has 4 nitrogen and oxygen atoms in total. The lowest BCUT2D eigenvalue weighted by molar-refractivity contribution is -0.137. The Balaban J connectivity index is 1.83. The first kappa shape index (κ1) is 24.5. The van der Waals surface area contributed by atoms with Gasteiger partial charge in [0.15, 0.2) is 0 Å². The molecule has 0 aromatic heterocycles. The van der Waals surface area contributed by atoms with Crippen LogP contribution < -0.4 is 14.8 Å². The molecule has 3 aromatic carbocycles. The molecule has 0 saturated heterocycles. The molecule has 0 radical (unpaired) electrons. The van der Waals surface area contributed by atoms with Crippen LogP contribution in [0.25, 0.3) is 0 Å². The first-order chi connectivity index (χ1) is 15.6. The molecule has 0 fully saturated rings. The number of nitrogens with one attached hydrogen (secondary N) is 1. The van der Waals surface area contributed by atoms with Crippen molar-refractivity contribution in [2.75, 3.05) is 12.4 Å². The number of ether oxygens (including phenoxy) is 2. The number of para-hydroxylation sites is 1. The van der Waals surface area contributed by atoms with Gasteiger partial charge in [0.2, 0.25) is 0 Å². The van der Waals surface area contributed by atoms with Crippen LogP contribution in [0, 0.1) is 0 Å². The highest BCUT2D eigenvalue weighted by molar-refractivity contribution is 6.34. The van der Waals surface area contributed by atoms with Crippen molar-refractivity contribution in [3.05, 3.63) is 87.9 Å². The minimum atomic E-state index is -4.55. The Hall–Kier alpha value is -3.19. The average molecular weight is 478 g/mol. The van der Waals surface area contributed by atoms with Gasteiger partial charge in [0, 0.05) is 11.1 Å². The predicted octanol–water partition coefficient (Wildman–Crippen LogP) is 7.32. The van der Waals surface area contributed by atoms with Crippen molar-refractivity contribution in [2.24, 2.45) is 0 Å². The molecule has 174 valence electrons. The predicted molar refractivity (Wildman–Crippen MR) is 122 cm³/mol. The second-order valence-corrected chi connectivity index (χ2v) is 8.06. The SMILES string of the molecule is COc1ccc(C(=O)Nc2cc(C(F)(F)F)ccc2Cl)cc1COc1ccccc1C(C)C. The number of hydrogen-bond donors (Lipinski definition) is 1. The van der Waals surface area contributed by atoms with Crippen LogP contribution in [0.2, 0.25) is 5.02 Å². The Morgan fingerprint density at radius 1 is 1.03 bits per heavy atom. The summed E-state index contributed by atoms with van der Waals surface area (Å²) < 4.78 is 50.4. The second kappa shape index (κ2) is 10.2. The number of anilines is 1. The summed E-state index contributed by atoms with van der Waals surface area (Å²) >= 11 is 5.99. The van der Waals surface area contributed by atoms with Crippen LogP contribution in [-0.2, 0) is 12.8 Å². The van der Waals surface area contributed by atoms with Gasteiger partial charge in [-0.15, -0.1) is 0 Å². The third-order valence-corrected chi connectivity index (χ3v) is 5.34. The summed E-state index contributed by atoms with van der Waals surface area (Å²) in [5.74, 6) is 0.894. The summed E-state index contributed by atoms with van der Waals surface area (Å²) in [5.41, 5.74) is 0.842. The van der Waals surface area contributed by atoms with Crippen LogP contribution in [-0.4, -0.2) is 13.0 Å². The average Bonchev–Trinajstić information content (AvgIpc) is 2.78. The van der Waals surface area contributed by atoms with Crippen molar-refractivity contribution in [3.8, 4) is 11.5 Å². The van der Waals surface area contributed by atoms with Crippen molar-refractivity contribution in [1.82, 2.24) is 0 Å². The van der Waals surface area contributed by atoms with Gasteiger partial charge in [0.25, 0.3) is 5.91 Å². The van der Waals surface area contributed by atoms with Crippen LogP contribution in [0.1, 0.15) is 46.8 Å². The summed E-state index contributed by atoms with van der Waals surface area (Å²) in [4.78, 5) is 12.8. The second-order valence-electron chi connectivity index (χ2n) is 7.65. The molecule has 0 aliphatic rings. The van der Waals surface area contributed by atoms with Crippen LogP contribution in [0.15, 0.2) is 60.7 Å². The minimum Gasteiger partial charge on any atom is -0.496 e. The van der Waals surface area contributed by atoms with Gasteiger partial charge in [0.05, 0.1) is 23.4 Å². The van der Waals surface area contributed by atoms with E-state index in [-0.39, 0.29) is 28.8 Å². The van der Waals surface area contributed by atoms with Gasteiger partial charge < -0.3 is 14.8 Å². The van der Waals surface area contributed by atoms with Gasteiger partial charge in [-0.1, -0.05) is 43.6 Å². The molecule has 1 N–H and O–H groups in total. The Labute approximate surface area is 195 Å². The number of benzene rings is 3. The number of methoxy groups -OCH3 is 1. The summed E-state index contributed by atoms with van der Waals surface area (Å²) in [5, 5.41) is 2.45. The van der Waals surface area contributed by atoms with Crippen molar-refractivity contribution in [2.45, 2.75) is 32.5 Å². The van der Waals surface area contributed by atoms with E-state index in [9.17, 15) is 18.0 Å². The Morgan fingerprint density at radius 2 is 1.76 bits per heavy atom. The molecule has 0 bridgehead atoms. The molecule has 3 aromatic rings. The highest BCUT2D eigenvalue weighted by atomic mass is 35.5. The number of carbonyl (C=O) groups is 1. The Kier molecular flexibility index (Phi) is 7.53. The lowest BCUT2D eigenvalue weighted by Crippen LogP contribution is -2.14. The number of amides is 1. The number of rotatable bonds is 7. The number of hydrogen-bond acceptors (Lipinski definition) is 3. The summed E-state index contributed by atoms with van der Waals surface area (Å²) in [7, 11) is 1.50. The molecule has 8 heteroatoms. The van der Waals surface area contributed by atoms with E-state index in [1.165, 1.54) is 13.2 Å². The molecular weight excluding hydrogens is 455 g/mol. The third kappa shape index (κ3) is 5.99. The number of halogens is 4. The Morgan fingerprint density at radius 3 is 2.42 bits per heavy atom. The van der Waals surface area contributed by atoms with Crippen LogP contribution >= 0.6 is 11.6 Å². The lowest BCUT2D eigenvalue weighted by Gasteiger charge is -2.16. The van der Waals surface area contributed by atoms with Crippen molar-refractivity contribution >= 4 is 23.2 Å². The molecule has 3 rings (SSSR count). The topological polar surface area (TPSA) is 47.6 Å². The fourth-order valence-electron chi connectivity index (χ4n) is 3.27.